The Morgan fingerprint density at radius 1 is 1.33 bits per heavy atom. The van der Waals surface area contributed by atoms with Gasteiger partial charge in [-0.15, -0.1) is 11.3 Å². The van der Waals surface area contributed by atoms with Crippen molar-refractivity contribution < 1.29 is 9.53 Å². The van der Waals surface area contributed by atoms with Gasteiger partial charge in [0.25, 0.3) is 5.91 Å². The van der Waals surface area contributed by atoms with Crippen LogP contribution in [-0.4, -0.2) is 41.6 Å². The largest absolute Gasteiger partial charge is 0.488 e. The molecule has 2 bridgehead atoms. The van der Waals surface area contributed by atoms with Crippen molar-refractivity contribution >= 4 is 38.9 Å². The molecule has 1 aromatic heterocycles. The summed E-state index contributed by atoms with van der Waals surface area (Å²) in [7, 11) is 0. The molecule has 1 aliphatic carbocycles. The standard InChI is InChI=1S/C21H25ClN2O2S/c1-12(2)26-17-15(22)4-3-14-11-16(27-18(14)17)20(25)23-19-13-5-9-24(10-6-13)21(19)7-8-21/h3-4,11-13,19H,5-10H2,1-2H3,(H,23,25). The minimum atomic E-state index is 0.0361. The molecule has 1 saturated carbocycles. The number of benzene rings is 1. The second-order valence-electron chi connectivity index (χ2n) is 8.45. The number of rotatable bonds is 4. The van der Waals surface area contributed by atoms with Crippen LogP contribution in [0.1, 0.15) is 49.2 Å². The molecule has 1 spiro atoms. The number of halogens is 1. The molecule has 1 amide bonds. The summed E-state index contributed by atoms with van der Waals surface area (Å²) >= 11 is 7.84. The van der Waals surface area contributed by atoms with Gasteiger partial charge in [0.05, 0.1) is 26.7 Å². The summed E-state index contributed by atoms with van der Waals surface area (Å²) in [4.78, 5) is 16.5. The Bertz CT molecular complexity index is 897. The summed E-state index contributed by atoms with van der Waals surface area (Å²) in [6.07, 6.45) is 4.91. The van der Waals surface area contributed by atoms with Crippen LogP contribution in [0.3, 0.4) is 0 Å². The molecule has 4 nitrogen and oxygen atoms in total. The van der Waals surface area contributed by atoms with Gasteiger partial charge in [-0.2, -0.15) is 0 Å². The molecular weight excluding hydrogens is 380 g/mol. The van der Waals surface area contributed by atoms with Gasteiger partial charge >= 0.3 is 0 Å². The normalized spacial score (nSPS) is 28.1. The average Bonchev–Trinajstić information content (AvgIpc) is 3.30. The van der Waals surface area contributed by atoms with Gasteiger partial charge in [-0.3, -0.25) is 9.69 Å². The maximum Gasteiger partial charge on any atom is 0.261 e. The first-order chi connectivity index (χ1) is 13.0. The second-order valence-corrected chi connectivity index (χ2v) is 9.91. The van der Waals surface area contributed by atoms with E-state index in [1.54, 1.807) is 0 Å². The fraction of sp³-hybridized carbons (Fsp3) is 0.571. The molecule has 1 unspecified atom stereocenters. The van der Waals surface area contributed by atoms with Crippen LogP contribution in [0, 0.1) is 5.92 Å². The number of hydrogen-bond acceptors (Lipinski definition) is 4. The van der Waals surface area contributed by atoms with Crippen molar-refractivity contribution in [2.45, 2.75) is 57.2 Å². The maximum atomic E-state index is 13.1. The highest BCUT2D eigenvalue weighted by molar-refractivity contribution is 7.21. The Morgan fingerprint density at radius 2 is 2.07 bits per heavy atom. The van der Waals surface area contributed by atoms with Gasteiger partial charge in [0, 0.05) is 5.54 Å². The van der Waals surface area contributed by atoms with Crippen molar-refractivity contribution in [1.29, 1.82) is 0 Å². The summed E-state index contributed by atoms with van der Waals surface area (Å²) in [6.45, 7) is 6.38. The van der Waals surface area contributed by atoms with Gasteiger partial charge in [0.15, 0.2) is 5.75 Å². The number of piperidine rings is 3. The maximum absolute atomic E-state index is 13.1. The number of carbonyl (C=O) groups is 1. The molecule has 1 N–H and O–H groups in total. The summed E-state index contributed by atoms with van der Waals surface area (Å²) in [6, 6.07) is 6.09. The first-order valence-electron chi connectivity index (χ1n) is 9.92. The van der Waals surface area contributed by atoms with E-state index < -0.39 is 0 Å². The summed E-state index contributed by atoms with van der Waals surface area (Å²) in [5, 5.41) is 5.02. The minimum absolute atomic E-state index is 0.0361. The molecule has 6 rings (SSSR count). The molecule has 4 heterocycles. The first kappa shape index (κ1) is 17.8. The van der Waals surface area contributed by atoms with Crippen molar-refractivity contribution in [2.75, 3.05) is 13.1 Å². The van der Waals surface area contributed by atoms with E-state index >= 15 is 0 Å². The fourth-order valence-electron chi connectivity index (χ4n) is 5.04. The van der Waals surface area contributed by atoms with Crippen LogP contribution in [0.2, 0.25) is 5.02 Å². The van der Waals surface area contributed by atoms with E-state index in [0.717, 1.165) is 15.0 Å². The number of ether oxygens (including phenoxy) is 1. The van der Waals surface area contributed by atoms with E-state index in [1.807, 2.05) is 32.0 Å². The van der Waals surface area contributed by atoms with Crippen LogP contribution in [0.5, 0.6) is 5.75 Å². The first-order valence-corrected chi connectivity index (χ1v) is 11.1. The van der Waals surface area contributed by atoms with Gasteiger partial charge < -0.3 is 10.1 Å². The summed E-state index contributed by atoms with van der Waals surface area (Å²) in [5.74, 6) is 1.37. The molecule has 3 saturated heterocycles. The van der Waals surface area contributed by atoms with Crippen LogP contribution < -0.4 is 10.1 Å². The lowest BCUT2D eigenvalue weighted by molar-refractivity contribution is -0.00138. The van der Waals surface area contributed by atoms with E-state index in [4.69, 9.17) is 16.3 Å². The third-order valence-corrected chi connectivity index (χ3v) is 7.89. The average molecular weight is 405 g/mol. The molecule has 144 valence electrons. The zero-order valence-electron chi connectivity index (χ0n) is 15.8. The van der Waals surface area contributed by atoms with Crippen LogP contribution >= 0.6 is 22.9 Å². The van der Waals surface area contributed by atoms with Crippen LogP contribution in [0.15, 0.2) is 18.2 Å². The van der Waals surface area contributed by atoms with Gasteiger partial charge in [0.1, 0.15) is 0 Å². The summed E-state index contributed by atoms with van der Waals surface area (Å²) in [5.41, 5.74) is 0.253. The fourth-order valence-corrected chi connectivity index (χ4v) is 6.36. The SMILES string of the molecule is CC(C)Oc1c(Cl)ccc2cc(C(=O)NC3C4CCN(CC4)C34CC4)sc12. The number of amides is 1. The van der Waals surface area contributed by atoms with Crippen molar-refractivity contribution in [3.05, 3.63) is 28.1 Å². The molecule has 4 aliphatic rings. The highest BCUT2D eigenvalue weighted by Gasteiger charge is 2.60. The van der Waals surface area contributed by atoms with Gasteiger partial charge in [-0.25, -0.2) is 0 Å². The zero-order valence-corrected chi connectivity index (χ0v) is 17.3. The molecule has 1 aromatic carbocycles. The van der Waals surface area contributed by atoms with Crippen molar-refractivity contribution in [3.63, 3.8) is 0 Å². The van der Waals surface area contributed by atoms with E-state index in [-0.39, 0.29) is 17.6 Å². The van der Waals surface area contributed by atoms with Crippen molar-refractivity contribution in [3.8, 4) is 5.75 Å². The van der Waals surface area contributed by atoms with E-state index in [0.29, 0.717) is 22.7 Å². The number of hydrogen-bond donors (Lipinski definition) is 1. The zero-order chi connectivity index (χ0) is 18.8. The van der Waals surface area contributed by atoms with Crippen molar-refractivity contribution in [1.82, 2.24) is 10.2 Å². The predicted molar refractivity (Wildman–Crippen MR) is 110 cm³/mol. The van der Waals surface area contributed by atoms with E-state index in [2.05, 4.69) is 10.2 Å². The molecule has 3 aliphatic heterocycles. The van der Waals surface area contributed by atoms with Gasteiger partial charge in [0.2, 0.25) is 0 Å². The third kappa shape index (κ3) is 2.86. The molecule has 4 fully saturated rings. The lowest BCUT2D eigenvalue weighted by atomic mass is 9.77. The number of fused-ring (bicyclic) bond motifs is 3. The molecular formula is C21H25ClN2O2S. The summed E-state index contributed by atoms with van der Waals surface area (Å²) < 4.78 is 6.88. The molecule has 6 heteroatoms. The van der Waals surface area contributed by atoms with E-state index in [1.165, 1.54) is 50.1 Å². The van der Waals surface area contributed by atoms with Gasteiger partial charge in [-0.1, -0.05) is 17.7 Å². The molecule has 1 atom stereocenters. The van der Waals surface area contributed by atoms with E-state index in [9.17, 15) is 4.79 Å². The smallest absolute Gasteiger partial charge is 0.261 e. The number of nitrogens with one attached hydrogen (secondary N) is 1. The van der Waals surface area contributed by atoms with Crippen LogP contribution in [0.25, 0.3) is 10.1 Å². The van der Waals surface area contributed by atoms with Crippen LogP contribution in [0.4, 0.5) is 0 Å². The monoisotopic (exact) mass is 404 g/mol. The topological polar surface area (TPSA) is 41.6 Å². The number of carbonyl (C=O) groups excluding carboxylic acids is 1. The Morgan fingerprint density at radius 3 is 2.74 bits per heavy atom. The number of thiophene rings is 1. The van der Waals surface area contributed by atoms with Crippen molar-refractivity contribution in [2.24, 2.45) is 5.92 Å². The van der Waals surface area contributed by atoms with Gasteiger partial charge in [-0.05, 0) is 76.1 Å². The molecule has 2 aromatic rings. The Hall–Kier alpha value is -1.30. The minimum Gasteiger partial charge on any atom is -0.488 e. The highest BCUT2D eigenvalue weighted by atomic mass is 35.5. The lowest BCUT2D eigenvalue weighted by Gasteiger charge is -2.52. The Kier molecular flexibility index (Phi) is 4.19. The second kappa shape index (κ2) is 6.36. The third-order valence-electron chi connectivity index (χ3n) is 6.44. The van der Waals surface area contributed by atoms with Crippen LogP contribution in [-0.2, 0) is 0 Å². The number of nitrogens with zero attached hydrogens (tertiary/aromatic N) is 1. The predicted octanol–water partition coefficient (Wildman–Crippen LogP) is 4.70. The Balaban J connectivity index is 1.43. The molecule has 0 radical (unpaired) electrons. The quantitative estimate of drug-likeness (QED) is 0.803. The lowest BCUT2D eigenvalue weighted by Crippen LogP contribution is -2.65. The Labute approximate surface area is 168 Å². The molecule has 27 heavy (non-hydrogen) atoms. The highest BCUT2D eigenvalue weighted by Crippen LogP contribution is 2.53.